The van der Waals surface area contributed by atoms with Crippen molar-refractivity contribution in [3.63, 3.8) is 0 Å². The van der Waals surface area contributed by atoms with Crippen LogP contribution in [0.15, 0.2) is 48.0 Å². The summed E-state index contributed by atoms with van der Waals surface area (Å²) in [6.45, 7) is 9.32. The fourth-order valence-corrected chi connectivity index (χ4v) is 6.69. The van der Waals surface area contributed by atoms with Gasteiger partial charge in [0.2, 0.25) is 4.96 Å². The average molecular weight is 619 g/mol. The minimum absolute atomic E-state index is 0.0633. The first-order chi connectivity index (χ1) is 20.2. The van der Waals surface area contributed by atoms with E-state index >= 15 is 0 Å². The second kappa shape index (κ2) is 11.4. The van der Waals surface area contributed by atoms with E-state index in [1.54, 1.807) is 34.3 Å². The van der Waals surface area contributed by atoms with Gasteiger partial charge in [0, 0.05) is 35.2 Å². The molecule has 0 bridgehead atoms. The standard InChI is InChI=1S/C30H30N6O3S3/c1-6-30(3,4)16-31-26(37)18-7-9-19(10-8-18)27-32-20(15-40-27)14-39-24-12-21(38-5)11-22-25(24)42-28(33-22)23-13-36-29(34-23)41-17(2)35-36/h7-13,15H,6,14,16H2,1-5H3,(H,31,37). The summed E-state index contributed by atoms with van der Waals surface area (Å²) in [6, 6.07) is 11.3. The average Bonchev–Trinajstić information content (AvgIpc) is 3.77. The largest absolute Gasteiger partial charge is 0.497 e. The molecule has 0 atom stereocenters. The van der Waals surface area contributed by atoms with Gasteiger partial charge < -0.3 is 14.8 Å². The highest BCUT2D eigenvalue weighted by atomic mass is 32.1. The van der Waals surface area contributed by atoms with Crippen LogP contribution < -0.4 is 14.8 Å². The third-order valence-corrected chi connectivity index (χ3v) is 9.92. The molecular weight excluding hydrogens is 589 g/mol. The number of benzene rings is 2. The SMILES string of the molecule is CCC(C)(C)CNC(=O)c1ccc(-c2nc(COc3cc(OC)cc4nc(-c5cn6nc(C)sc6n5)sc34)cs2)cc1. The van der Waals surface area contributed by atoms with Crippen LogP contribution in [0.1, 0.15) is 48.3 Å². The predicted octanol–water partition coefficient (Wildman–Crippen LogP) is 7.25. The monoisotopic (exact) mass is 618 g/mol. The highest BCUT2D eigenvalue weighted by Gasteiger charge is 2.18. The molecule has 6 aromatic rings. The molecule has 0 spiro atoms. The van der Waals surface area contributed by atoms with Crippen LogP contribution in [0.2, 0.25) is 0 Å². The summed E-state index contributed by atoms with van der Waals surface area (Å²) in [5.74, 6) is 1.28. The molecule has 0 saturated carbocycles. The summed E-state index contributed by atoms with van der Waals surface area (Å²) >= 11 is 4.61. The maximum atomic E-state index is 12.6. The number of thiazole rings is 2. The third kappa shape index (κ3) is 5.87. The number of ether oxygens (including phenoxy) is 2. The van der Waals surface area contributed by atoms with Crippen LogP contribution >= 0.6 is 34.0 Å². The summed E-state index contributed by atoms with van der Waals surface area (Å²) in [5, 5.41) is 12.1. The van der Waals surface area contributed by atoms with Crippen molar-refractivity contribution in [2.75, 3.05) is 13.7 Å². The summed E-state index contributed by atoms with van der Waals surface area (Å²) in [6.07, 6.45) is 2.90. The number of hydrogen-bond acceptors (Lipinski definition) is 10. The fraction of sp³-hybridized carbons (Fsp3) is 0.300. The molecule has 9 nitrogen and oxygen atoms in total. The van der Waals surface area contributed by atoms with Crippen LogP contribution in [0.5, 0.6) is 11.5 Å². The molecule has 1 N–H and O–H groups in total. The van der Waals surface area contributed by atoms with E-state index in [0.29, 0.717) is 30.2 Å². The van der Waals surface area contributed by atoms with E-state index in [1.807, 2.05) is 54.9 Å². The second-order valence-corrected chi connectivity index (χ2v) is 13.7. The molecule has 2 aromatic carbocycles. The zero-order valence-corrected chi connectivity index (χ0v) is 26.4. The van der Waals surface area contributed by atoms with Crippen molar-refractivity contribution in [3.05, 3.63) is 64.2 Å². The molecule has 4 aromatic heterocycles. The molecule has 42 heavy (non-hydrogen) atoms. The van der Waals surface area contributed by atoms with Crippen LogP contribution in [0, 0.1) is 12.3 Å². The van der Waals surface area contributed by atoms with Crippen LogP contribution in [-0.4, -0.2) is 44.1 Å². The number of carbonyl (C=O) groups excluding carboxylic acids is 1. The molecule has 0 saturated heterocycles. The summed E-state index contributed by atoms with van der Waals surface area (Å²) < 4.78 is 14.5. The smallest absolute Gasteiger partial charge is 0.251 e. The Bertz CT molecular complexity index is 1850. The van der Waals surface area contributed by atoms with Gasteiger partial charge in [-0.2, -0.15) is 5.10 Å². The van der Waals surface area contributed by atoms with Gasteiger partial charge in [-0.25, -0.2) is 19.5 Å². The van der Waals surface area contributed by atoms with Crippen LogP contribution in [0.25, 0.3) is 36.5 Å². The van der Waals surface area contributed by atoms with Gasteiger partial charge in [0.25, 0.3) is 5.91 Å². The molecule has 0 fully saturated rings. The fourth-order valence-electron chi connectivity index (χ4n) is 4.18. The van der Waals surface area contributed by atoms with E-state index < -0.39 is 0 Å². The van der Waals surface area contributed by atoms with Crippen LogP contribution in [-0.2, 0) is 6.61 Å². The summed E-state index contributed by atoms with van der Waals surface area (Å²) in [4.78, 5) is 27.7. The van der Waals surface area contributed by atoms with Gasteiger partial charge >= 0.3 is 0 Å². The Labute approximate surface area is 255 Å². The molecule has 0 aliphatic carbocycles. The van der Waals surface area contributed by atoms with Gasteiger partial charge in [-0.3, -0.25) is 4.79 Å². The highest BCUT2D eigenvalue weighted by molar-refractivity contribution is 7.22. The van der Waals surface area contributed by atoms with E-state index in [9.17, 15) is 4.79 Å². The summed E-state index contributed by atoms with van der Waals surface area (Å²) in [5.41, 5.74) is 4.04. The molecule has 0 unspecified atom stereocenters. The number of aromatic nitrogens is 5. The normalized spacial score (nSPS) is 11.8. The van der Waals surface area contributed by atoms with E-state index in [0.717, 1.165) is 53.6 Å². The summed E-state index contributed by atoms with van der Waals surface area (Å²) in [7, 11) is 1.63. The van der Waals surface area contributed by atoms with Crippen molar-refractivity contribution in [2.24, 2.45) is 5.41 Å². The quantitative estimate of drug-likeness (QED) is 0.172. The number of amides is 1. The Morgan fingerprint density at radius 1 is 1.07 bits per heavy atom. The van der Waals surface area contributed by atoms with E-state index in [-0.39, 0.29) is 11.3 Å². The van der Waals surface area contributed by atoms with Crippen molar-refractivity contribution in [2.45, 2.75) is 40.7 Å². The lowest BCUT2D eigenvalue weighted by atomic mass is 9.90. The minimum Gasteiger partial charge on any atom is -0.497 e. The van der Waals surface area contributed by atoms with E-state index in [1.165, 1.54) is 11.3 Å². The maximum Gasteiger partial charge on any atom is 0.251 e. The Morgan fingerprint density at radius 3 is 2.62 bits per heavy atom. The third-order valence-electron chi connectivity index (χ3n) is 7.03. The van der Waals surface area contributed by atoms with Gasteiger partial charge in [0.05, 0.1) is 29.2 Å². The Hall–Kier alpha value is -3.87. The number of nitrogens with one attached hydrogen (secondary N) is 1. The number of nitrogens with zero attached hydrogens (tertiary/aromatic N) is 5. The van der Waals surface area contributed by atoms with Gasteiger partial charge in [-0.15, -0.1) is 22.7 Å². The molecule has 4 heterocycles. The Balaban J connectivity index is 1.16. The lowest BCUT2D eigenvalue weighted by Gasteiger charge is -2.22. The first-order valence-electron chi connectivity index (χ1n) is 13.5. The van der Waals surface area contributed by atoms with Crippen molar-refractivity contribution in [3.8, 4) is 32.8 Å². The molecule has 1 amide bonds. The minimum atomic E-state index is -0.0633. The van der Waals surface area contributed by atoms with E-state index in [2.05, 4.69) is 31.2 Å². The molecule has 216 valence electrons. The number of aryl methyl sites for hydroxylation is 1. The Morgan fingerprint density at radius 2 is 1.88 bits per heavy atom. The first kappa shape index (κ1) is 28.3. The van der Waals surface area contributed by atoms with Gasteiger partial charge in [-0.1, -0.05) is 44.2 Å². The van der Waals surface area contributed by atoms with E-state index in [4.69, 9.17) is 24.4 Å². The van der Waals surface area contributed by atoms with Gasteiger partial charge in [0.1, 0.15) is 38.8 Å². The topological polar surface area (TPSA) is 104 Å². The highest BCUT2D eigenvalue weighted by Crippen LogP contribution is 2.39. The first-order valence-corrected chi connectivity index (χ1v) is 16.0. The van der Waals surface area contributed by atoms with Gasteiger partial charge in [-0.05, 0) is 30.9 Å². The molecule has 0 aliphatic heterocycles. The van der Waals surface area contributed by atoms with Crippen molar-refractivity contribution < 1.29 is 14.3 Å². The maximum absolute atomic E-state index is 12.6. The number of methoxy groups -OCH3 is 1. The van der Waals surface area contributed by atoms with Crippen LogP contribution in [0.3, 0.4) is 0 Å². The van der Waals surface area contributed by atoms with Crippen molar-refractivity contribution >= 4 is 55.1 Å². The molecule has 12 heteroatoms. The zero-order chi connectivity index (χ0) is 29.4. The lowest BCUT2D eigenvalue weighted by Crippen LogP contribution is -2.33. The number of rotatable bonds is 10. The number of carbonyl (C=O) groups is 1. The molecular formula is C30H30N6O3S3. The lowest BCUT2D eigenvalue weighted by molar-refractivity contribution is 0.0935. The van der Waals surface area contributed by atoms with Crippen LogP contribution in [0.4, 0.5) is 0 Å². The second-order valence-electron chi connectivity index (χ2n) is 10.7. The molecule has 6 rings (SSSR count). The molecule has 0 radical (unpaired) electrons. The van der Waals surface area contributed by atoms with Gasteiger partial charge in [0.15, 0.2) is 0 Å². The predicted molar refractivity (Wildman–Crippen MR) is 169 cm³/mol. The number of fused-ring (bicyclic) bond motifs is 2. The van der Waals surface area contributed by atoms with Crippen molar-refractivity contribution in [1.29, 1.82) is 0 Å². The zero-order valence-electron chi connectivity index (χ0n) is 23.9. The number of imidazole rings is 1. The Kier molecular flexibility index (Phi) is 7.69. The molecule has 0 aliphatic rings. The van der Waals surface area contributed by atoms with Crippen molar-refractivity contribution in [1.82, 2.24) is 29.9 Å². The number of hydrogen-bond donors (Lipinski definition) is 1.